The number of thioether (sulfide) groups is 1. The molecule has 1 heterocycles. The minimum absolute atomic E-state index is 0.139. The second kappa shape index (κ2) is 11.3. The zero-order valence-corrected chi connectivity index (χ0v) is 19.8. The second-order valence-electron chi connectivity index (χ2n) is 7.73. The fraction of sp³-hybridized carbons (Fsp3) is 0.348. The van der Waals surface area contributed by atoms with Crippen molar-refractivity contribution in [3.8, 4) is 5.75 Å². The van der Waals surface area contributed by atoms with Gasteiger partial charge in [-0.05, 0) is 42.7 Å². The smallest absolute Gasteiger partial charge is 0.230 e. The second-order valence-corrected chi connectivity index (χ2v) is 9.08. The van der Waals surface area contributed by atoms with Gasteiger partial charge >= 0.3 is 0 Å². The number of nitrogens with one attached hydrogen (secondary N) is 1. The Hall–Kier alpha value is -2.58. The highest BCUT2D eigenvalue weighted by Gasteiger charge is 2.21. The first-order chi connectivity index (χ1) is 15.3. The van der Waals surface area contributed by atoms with Gasteiger partial charge in [0, 0.05) is 13.1 Å². The number of carbonyl (C=O) groups excluding carboxylic acids is 1. The number of ether oxygens (including phenoxy) is 1. The maximum Gasteiger partial charge on any atom is 0.230 e. The summed E-state index contributed by atoms with van der Waals surface area (Å²) in [5.74, 6) is 1.35. The Labute approximate surface area is 196 Å². The van der Waals surface area contributed by atoms with Crippen LogP contribution in [0.25, 0.3) is 0 Å². The number of hydrogen-bond donors (Lipinski definition) is 1. The molecule has 0 bridgehead atoms. The van der Waals surface area contributed by atoms with Crippen molar-refractivity contribution in [3.63, 3.8) is 0 Å². The first-order valence-corrected chi connectivity index (χ1v) is 11.7. The van der Waals surface area contributed by atoms with E-state index in [0.717, 1.165) is 5.56 Å². The standard InChI is InChI=1S/C23H26ClFN4O2S/c1-15(2)13-29-22(16(3)31-20-7-5-4-6-19(20)24)27-28-23(29)32-14-21(30)26-12-17-8-10-18(25)11-9-17/h4-11,15-16H,12-14H2,1-3H3,(H,26,30). The molecule has 1 unspecified atom stereocenters. The van der Waals surface area contributed by atoms with Crippen LogP contribution in [0.1, 0.15) is 38.3 Å². The van der Waals surface area contributed by atoms with Crippen molar-refractivity contribution in [2.24, 2.45) is 5.92 Å². The Balaban J connectivity index is 1.64. The van der Waals surface area contributed by atoms with Crippen molar-refractivity contribution in [2.45, 2.75) is 45.1 Å². The summed E-state index contributed by atoms with van der Waals surface area (Å²) in [5, 5.41) is 12.6. The van der Waals surface area contributed by atoms with Gasteiger partial charge in [-0.3, -0.25) is 4.79 Å². The van der Waals surface area contributed by atoms with E-state index in [4.69, 9.17) is 16.3 Å². The molecule has 3 rings (SSSR count). The highest BCUT2D eigenvalue weighted by Crippen LogP contribution is 2.29. The van der Waals surface area contributed by atoms with E-state index >= 15 is 0 Å². The van der Waals surface area contributed by atoms with Crippen molar-refractivity contribution in [1.29, 1.82) is 0 Å². The Bertz CT molecular complexity index is 1040. The van der Waals surface area contributed by atoms with Crippen LogP contribution in [-0.2, 0) is 17.9 Å². The van der Waals surface area contributed by atoms with Crippen LogP contribution in [-0.4, -0.2) is 26.4 Å². The van der Waals surface area contributed by atoms with E-state index in [0.29, 0.717) is 40.8 Å². The van der Waals surface area contributed by atoms with Crippen LogP contribution in [0.5, 0.6) is 5.75 Å². The van der Waals surface area contributed by atoms with Crippen molar-refractivity contribution >= 4 is 29.3 Å². The SMILES string of the molecule is CC(C)Cn1c(SCC(=O)NCc2ccc(F)cc2)nnc1C(C)Oc1ccccc1Cl. The lowest BCUT2D eigenvalue weighted by molar-refractivity contribution is -0.118. The molecule has 3 aromatic rings. The third-order valence-electron chi connectivity index (χ3n) is 4.53. The third-order valence-corrected chi connectivity index (χ3v) is 5.81. The van der Waals surface area contributed by atoms with Gasteiger partial charge in [0.05, 0.1) is 10.8 Å². The number of nitrogens with zero attached hydrogens (tertiary/aromatic N) is 3. The molecule has 32 heavy (non-hydrogen) atoms. The van der Waals surface area contributed by atoms with Gasteiger partial charge in [0.15, 0.2) is 17.1 Å². The quantitative estimate of drug-likeness (QED) is 0.403. The molecule has 0 saturated carbocycles. The highest BCUT2D eigenvalue weighted by molar-refractivity contribution is 7.99. The summed E-state index contributed by atoms with van der Waals surface area (Å²) < 4.78 is 21.0. The van der Waals surface area contributed by atoms with Gasteiger partial charge in [0.1, 0.15) is 11.6 Å². The molecular formula is C23H26ClFN4O2S. The summed E-state index contributed by atoms with van der Waals surface area (Å²) in [5.41, 5.74) is 0.834. The number of hydrogen-bond acceptors (Lipinski definition) is 5. The van der Waals surface area contributed by atoms with Crippen LogP contribution < -0.4 is 10.1 Å². The summed E-state index contributed by atoms with van der Waals surface area (Å²) >= 11 is 7.53. The number of aromatic nitrogens is 3. The molecule has 0 saturated heterocycles. The Morgan fingerprint density at radius 2 is 1.88 bits per heavy atom. The van der Waals surface area contributed by atoms with Gasteiger partial charge in [0.2, 0.25) is 5.91 Å². The predicted octanol–water partition coefficient (Wildman–Crippen LogP) is 5.28. The van der Waals surface area contributed by atoms with Crippen LogP contribution in [0.4, 0.5) is 4.39 Å². The summed E-state index contributed by atoms with van der Waals surface area (Å²) in [7, 11) is 0. The number of amides is 1. The number of carbonyl (C=O) groups is 1. The molecule has 9 heteroatoms. The Morgan fingerprint density at radius 3 is 2.56 bits per heavy atom. The molecule has 0 fully saturated rings. The van der Waals surface area contributed by atoms with Gasteiger partial charge < -0.3 is 14.6 Å². The van der Waals surface area contributed by atoms with Crippen molar-refractivity contribution < 1.29 is 13.9 Å². The van der Waals surface area contributed by atoms with Gasteiger partial charge in [-0.2, -0.15) is 0 Å². The van der Waals surface area contributed by atoms with Crippen molar-refractivity contribution in [2.75, 3.05) is 5.75 Å². The predicted molar refractivity (Wildman–Crippen MR) is 124 cm³/mol. The van der Waals surface area contributed by atoms with Crippen molar-refractivity contribution in [1.82, 2.24) is 20.1 Å². The van der Waals surface area contributed by atoms with E-state index in [1.165, 1.54) is 23.9 Å². The molecule has 1 aromatic heterocycles. The molecule has 170 valence electrons. The number of rotatable bonds is 10. The molecule has 0 spiro atoms. The minimum Gasteiger partial charge on any atom is -0.481 e. The van der Waals surface area contributed by atoms with Crippen LogP contribution in [0, 0.1) is 11.7 Å². The molecule has 1 atom stereocenters. The van der Waals surface area contributed by atoms with Gasteiger partial charge in [0.25, 0.3) is 0 Å². The van der Waals surface area contributed by atoms with E-state index < -0.39 is 0 Å². The fourth-order valence-electron chi connectivity index (χ4n) is 3.01. The van der Waals surface area contributed by atoms with Gasteiger partial charge in [-0.25, -0.2) is 4.39 Å². The maximum absolute atomic E-state index is 13.0. The summed E-state index contributed by atoms with van der Waals surface area (Å²) in [6.07, 6.45) is -0.372. The summed E-state index contributed by atoms with van der Waals surface area (Å²) in [6, 6.07) is 13.3. The molecular weight excluding hydrogens is 451 g/mol. The first kappa shape index (κ1) is 24.1. The monoisotopic (exact) mass is 476 g/mol. The lowest BCUT2D eigenvalue weighted by Gasteiger charge is -2.18. The van der Waals surface area contributed by atoms with Crippen molar-refractivity contribution in [3.05, 3.63) is 70.8 Å². The average molecular weight is 477 g/mol. The zero-order valence-electron chi connectivity index (χ0n) is 18.2. The lowest BCUT2D eigenvalue weighted by atomic mass is 10.2. The summed E-state index contributed by atoms with van der Waals surface area (Å²) in [6.45, 7) is 7.14. The molecule has 6 nitrogen and oxygen atoms in total. The van der Waals surface area contributed by atoms with E-state index in [2.05, 4.69) is 29.4 Å². The highest BCUT2D eigenvalue weighted by atomic mass is 35.5. The zero-order chi connectivity index (χ0) is 23.1. The van der Waals surface area contributed by atoms with E-state index in [-0.39, 0.29) is 23.6 Å². The largest absolute Gasteiger partial charge is 0.481 e. The molecule has 0 aliphatic rings. The Morgan fingerprint density at radius 1 is 1.16 bits per heavy atom. The topological polar surface area (TPSA) is 69.0 Å². The number of para-hydroxylation sites is 1. The normalized spacial score (nSPS) is 12.1. The molecule has 0 aliphatic heterocycles. The van der Waals surface area contributed by atoms with E-state index in [1.807, 2.05) is 29.7 Å². The fourth-order valence-corrected chi connectivity index (χ4v) is 3.98. The van der Waals surface area contributed by atoms with Crippen LogP contribution in [0.3, 0.4) is 0 Å². The van der Waals surface area contributed by atoms with Crippen LogP contribution in [0.15, 0.2) is 53.7 Å². The third kappa shape index (κ3) is 6.71. The molecule has 1 N–H and O–H groups in total. The van der Waals surface area contributed by atoms with Gasteiger partial charge in [-0.1, -0.05) is 61.5 Å². The molecule has 0 radical (unpaired) electrons. The number of benzene rings is 2. The molecule has 2 aromatic carbocycles. The first-order valence-electron chi connectivity index (χ1n) is 10.3. The van der Waals surface area contributed by atoms with Gasteiger partial charge in [-0.15, -0.1) is 10.2 Å². The van der Waals surface area contributed by atoms with Crippen LogP contribution in [0.2, 0.25) is 5.02 Å². The molecule has 0 aliphatic carbocycles. The maximum atomic E-state index is 13.0. The van der Waals surface area contributed by atoms with E-state index in [9.17, 15) is 9.18 Å². The Kier molecular flexibility index (Phi) is 8.53. The number of halogens is 2. The summed E-state index contributed by atoms with van der Waals surface area (Å²) in [4.78, 5) is 12.3. The minimum atomic E-state index is -0.372. The lowest BCUT2D eigenvalue weighted by Crippen LogP contribution is -2.25. The molecule has 1 amide bonds. The van der Waals surface area contributed by atoms with Crippen LogP contribution >= 0.6 is 23.4 Å². The average Bonchev–Trinajstić information content (AvgIpc) is 3.15. The van der Waals surface area contributed by atoms with E-state index in [1.54, 1.807) is 18.2 Å².